The molecule has 0 atom stereocenters. The molecule has 0 fully saturated rings. The summed E-state index contributed by atoms with van der Waals surface area (Å²) < 4.78 is 15.3. The number of hydrogen-bond acceptors (Lipinski definition) is 7. The third kappa shape index (κ3) is 10.6. The molecule has 0 radical (unpaired) electrons. The molecule has 10 heteroatoms. The number of ether oxygens (including phenoxy) is 3. The lowest BCUT2D eigenvalue weighted by Crippen LogP contribution is -2.34. The van der Waals surface area contributed by atoms with Gasteiger partial charge in [-0.1, -0.05) is 0 Å². The van der Waals surface area contributed by atoms with Gasteiger partial charge in [0.25, 0.3) is 11.8 Å². The molecule has 2 aromatic rings. The molecule has 0 unspecified atom stereocenters. The Morgan fingerprint density at radius 2 is 1.46 bits per heavy atom. The minimum Gasteiger partial charge on any atom is -0.494 e. The average molecular weight is 486 g/mol. The summed E-state index contributed by atoms with van der Waals surface area (Å²) in [7, 11) is 0. The van der Waals surface area contributed by atoms with E-state index in [4.69, 9.17) is 14.2 Å². The number of esters is 1. The molecule has 3 amide bonds. The third-order valence-corrected chi connectivity index (χ3v) is 4.22. The van der Waals surface area contributed by atoms with Crippen molar-refractivity contribution in [3.63, 3.8) is 0 Å². The molecule has 35 heavy (non-hydrogen) atoms. The van der Waals surface area contributed by atoms with Crippen LogP contribution in [0.2, 0.25) is 0 Å². The largest absolute Gasteiger partial charge is 0.494 e. The van der Waals surface area contributed by atoms with Crippen molar-refractivity contribution in [2.24, 2.45) is 0 Å². The Morgan fingerprint density at radius 3 is 2.06 bits per heavy atom. The molecule has 0 aliphatic heterocycles. The quantitative estimate of drug-likeness (QED) is 0.437. The highest BCUT2D eigenvalue weighted by atomic mass is 16.6. The van der Waals surface area contributed by atoms with E-state index in [1.54, 1.807) is 69.3 Å². The van der Waals surface area contributed by atoms with Crippen LogP contribution < -0.4 is 20.7 Å². The van der Waals surface area contributed by atoms with Crippen LogP contribution in [-0.2, 0) is 19.1 Å². The Morgan fingerprint density at radius 1 is 0.857 bits per heavy atom. The zero-order valence-corrected chi connectivity index (χ0v) is 20.3. The lowest BCUT2D eigenvalue weighted by Gasteiger charge is -2.19. The number of nitrogens with one attached hydrogen (secondary N) is 3. The van der Waals surface area contributed by atoms with Crippen molar-refractivity contribution in [1.29, 1.82) is 0 Å². The summed E-state index contributed by atoms with van der Waals surface area (Å²) in [5.41, 5.74) is 0.830. The van der Waals surface area contributed by atoms with E-state index >= 15 is 0 Å². The number of alkyl carbamates (subject to hydrolysis) is 1. The second-order valence-electron chi connectivity index (χ2n) is 8.38. The van der Waals surface area contributed by atoms with Gasteiger partial charge in [0.05, 0.1) is 13.0 Å². The van der Waals surface area contributed by atoms with E-state index in [0.717, 1.165) is 0 Å². The van der Waals surface area contributed by atoms with E-state index in [1.807, 2.05) is 6.92 Å². The fourth-order valence-corrected chi connectivity index (χ4v) is 2.71. The zero-order valence-electron chi connectivity index (χ0n) is 20.3. The molecule has 0 saturated carbocycles. The normalized spacial score (nSPS) is 10.6. The molecular weight excluding hydrogens is 454 g/mol. The van der Waals surface area contributed by atoms with Gasteiger partial charge in [0.2, 0.25) is 0 Å². The minimum absolute atomic E-state index is 0.0234. The van der Waals surface area contributed by atoms with Crippen LogP contribution in [0.15, 0.2) is 48.5 Å². The average Bonchev–Trinajstić information content (AvgIpc) is 2.78. The van der Waals surface area contributed by atoms with Crippen LogP contribution in [0.5, 0.6) is 5.75 Å². The molecule has 3 N–H and O–H groups in total. The Labute approximate surface area is 204 Å². The Bertz CT molecular complexity index is 1010. The Balaban J connectivity index is 1.72. The SMILES string of the molecule is CCOc1ccc(NC(=O)c2ccc(NC(=O)COC(=O)CCNC(=O)OC(C)(C)C)cc2)cc1. The Kier molecular flexibility index (Phi) is 10.1. The van der Waals surface area contributed by atoms with Gasteiger partial charge in [0.1, 0.15) is 11.4 Å². The molecule has 0 saturated heterocycles. The predicted octanol–water partition coefficient (Wildman–Crippen LogP) is 3.73. The summed E-state index contributed by atoms with van der Waals surface area (Å²) >= 11 is 0. The van der Waals surface area contributed by atoms with Crippen LogP contribution in [0.3, 0.4) is 0 Å². The van der Waals surface area contributed by atoms with Crippen LogP contribution in [0.1, 0.15) is 44.5 Å². The molecule has 2 rings (SSSR count). The lowest BCUT2D eigenvalue weighted by molar-refractivity contribution is -0.147. The van der Waals surface area contributed by atoms with Gasteiger partial charge in [-0.3, -0.25) is 14.4 Å². The van der Waals surface area contributed by atoms with Crippen LogP contribution in [0.25, 0.3) is 0 Å². The van der Waals surface area contributed by atoms with Gasteiger partial charge in [-0.15, -0.1) is 0 Å². The first-order valence-electron chi connectivity index (χ1n) is 11.1. The molecule has 188 valence electrons. The van der Waals surface area contributed by atoms with Gasteiger partial charge in [-0.25, -0.2) is 4.79 Å². The highest BCUT2D eigenvalue weighted by Gasteiger charge is 2.16. The van der Waals surface area contributed by atoms with Crippen molar-refractivity contribution < 1.29 is 33.4 Å². The number of benzene rings is 2. The highest BCUT2D eigenvalue weighted by molar-refractivity contribution is 6.04. The maximum atomic E-state index is 12.4. The standard InChI is InChI=1S/C25H31N3O7/c1-5-33-20-12-10-19(11-13-20)28-23(31)17-6-8-18(9-7-17)27-21(29)16-34-22(30)14-15-26-24(32)35-25(2,3)4/h6-13H,5,14-16H2,1-4H3,(H,26,32)(H,27,29)(H,28,31). The smallest absolute Gasteiger partial charge is 0.407 e. The second kappa shape index (κ2) is 13.0. The highest BCUT2D eigenvalue weighted by Crippen LogP contribution is 2.17. The third-order valence-electron chi connectivity index (χ3n) is 4.22. The van der Waals surface area contributed by atoms with Gasteiger partial charge in [-0.2, -0.15) is 0 Å². The summed E-state index contributed by atoms with van der Waals surface area (Å²) in [5.74, 6) is -0.766. The van der Waals surface area contributed by atoms with Gasteiger partial charge in [-0.05, 0) is 76.2 Å². The monoisotopic (exact) mass is 485 g/mol. The molecule has 2 aromatic carbocycles. The van der Waals surface area contributed by atoms with Crippen molar-refractivity contribution in [1.82, 2.24) is 5.32 Å². The van der Waals surface area contributed by atoms with E-state index in [0.29, 0.717) is 29.3 Å². The van der Waals surface area contributed by atoms with E-state index < -0.39 is 30.2 Å². The first kappa shape index (κ1) is 27.2. The molecule has 0 spiro atoms. The summed E-state index contributed by atoms with van der Waals surface area (Å²) in [6.07, 6.45) is -0.746. The van der Waals surface area contributed by atoms with E-state index in [9.17, 15) is 19.2 Å². The molecule has 0 bridgehead atoms. The van der Waals surface area contributed by atoms with Crippen molar-refractivity contribution in [2.45, 2.75) is 39.7 Å². The van der Waals surface area contributed by atoms with Gasteiger partial charge >= 0.3 is 12.1 Å². The number of carbonyl (C=O) groups excluding carboxylic acids is 4. The van der Waals surface area contributed by atoms with E-state index in [1.165, 1.54) is 0 Å². The Hall–Kier alpha value is -4.08. The van der Waals surface area contributed by atoms with Crippen molar-refractivity contribution in [2.75, 3.05) is 30.4 Å². The summed E-state index contributed by atoms with van der Waals surface area (Å²) in [6.45, 7) is 7.18. The second-order valence-corrected chi connectivity index (χ2v) is 8.38. The fourth-order valence-electron chi connectivity index (χ4n) is 2.71. The number of anilines is 2. The number of amides is 3. The van der Waals surface area contributed by atoms with Crippen LogP contribution in [0.4, 0.5) is 16.2 Å². The number of hydrogen-bond donors (Lipinski definition) is 3. The summed E-state index contributed by atoms with van der Waals surface area (Å²) in [5, 5.41) is 7.80. The maximum absolute atomic E-state index is 12.4. The molecule has 10 nitrogen and oxygen atoms in total. The molecule has 0 heterocycles. The van der Waals surface area contributed by atoms with Crippen LogP contribution >= 0.6 is 0 Å². The molecular formula is C25H31N3O7. The topological polar surface area (TPSA) is 132 Å². The van der Waals surface area contributed by atoms with Crippen molar-refractivity contribution in [3.8, 4) is 5.75 Å². The van der Waals surface area contributed by atoms with E-state index in [-0.39, 0.29) is 18.9 Å². The number of rotatable bonds is 10. The fraction of sp³-hybridized carbons (Fsp3) is 0.360. The molecule has 0 aromatic heterocycles. The number of carbonyl (C=O) groups is 4. The molecule has 0 aliphatic carbocycles. The first-order valence-corrected chi connectivity index (χ1v) is 11.1. The summed E-state index contributed by atoms with van der Waals surface area (Å²) in [4.78, 5) is 47.7. The summed E-state index contributed by atoms with van der Waals surface area (Å²) in [6, 6.07) is 13.3. The van der Waals surface area contributed by atoms with E-state index in [2.05, 4.69) is 16.0 Å². The molecule has 0 aliphatic rings. The van der Waals surface area contributed by atoms with Crippen molar-refractivity contribution >= 4 is 35.3 Å². The van der Waals surface area contributed by atoms with Crippen LogP contribution in [0, 0.1) is 0 Å². The minimum atomic E-state index is -0.641. The van der Waals surface area contributed by atoms with Crippen LogP contribution in [-0.4, -0.2) is 49.2 Å². The van der Waals surface area contributed by atoms with Crippen molar-refractivity contribution in [3.05, 3.63) is 54.1 Å². The zero-order chi connectivity index (χ0) is 25.8. The van der Waals surface area contributed by atoms with Gasteiger partial charge in [0, 0.05) is 23.5 Å². The van der Waals surface area contributed by atoms with Gasteiger partial charge in [0.15, 0.2) is 6.61 Å². The lowest BCUT2D eigenvalue weighted by atomic mass is 10.2. The van der Waals surface area contributed by atoms with Gasteiger partial charge < -0.3 is 30.2 Å². The maximum Gasteiger partial charge on any atom is 0.407 e. The first-order chi connectivity index (χ1) is 16.6. The predicted molar refractivity (Wildman–Crippen MR) is 130 cm³/mol.